The van der Waals surface area contributed by atoms with Gasteiger partial charge in [0.2, 0.25) is 0 Å². The van der Waals surface area contributed by atoms with Gasteiger partial charge in [0.25, 0.3) is 0 Å². The molecule has 216 valence electrons. The van der Waals surface area contributed by atoms with Gasteiger partial charge in [0.15, 0.2) is 0 Å². The summed E-state index contributed by atoms with van der Waals surface area (Å²) >= 11 is 0. The zero-order valence-electron chi connectivity index (χ0n) is 26.5. The summed E-state index contributed by atoms with van der Waals surface area (Å²) in [6.45, 7) is 18.6. The van der Waals surface area contributed by atoms with Crippen LogP contribution in [0.4, 0.5) is 0 Å². The first-order valence-electron chi connectivity index (χ1n) is 16.5. The number of benzene rings is 2. The Morgan fingerprint density at radius 1 is 0.732 bits per heavy atom. The average Bonchev–Trinajstić information content (AvgIpc) is 3.60. The van der Waals surface area contributed by atoms with Crippen LogP contribution in [-0.4, -0.2) is 0 Å². The van der Waals surface area contributed by atoms with E-state index >= 15 is 0 Å². The van der Waals surface area contributed by atoms with Crippen molar-refractivity contribution in [2.75, 3.05) is 0 Å². The smallest absolute Gasteiger partial charge is 0.00243 e. The lowest BCUT2D eigenvalue weighted by Gasteiger charge is -2.50. The molecule has 0 aliphatic heterocycles. The van der Waals surface area contributed by atoms with Crippen LogP contribution in [0, 0.1) is 46.3 Å². The summed E-state index contributed by atoms with van der Waals surface area (Å²) in [5.74, 6) is 3.49. The van der Waals surface area contributed by atoms with Gasteiger partial charge >= 0.3 is 0 Å². The molecule has 0 nitrogen and oxygen atoms in total. The first-order valence-corrected chi connectivity index (χ1v) is 16.5. The molecule has 41 heavy (non-hydrogen) atoms. The number of allylic oxidation sites excluding steroid dienone is 9. The second kappa shape index (κ2) is 10.6. The van der Waals surface area contributed by atoms with Gasteiger partial charge in [0.05, 0.1) is 0 Å². The number of hydrogen-bond donors (Lipinski definition) is 0. The SMILES string of the molecule is C=CCCC(c1ccc2ccccc2c1)(C1CCCC1)C1C2C=C(C(C)(C)C)C=CC2C2C=CC(C(C)(C)C)=CC21. The molecule has 2 aromatic carbocycles. The first kappa shape index (κ1) is 28.5. The molecule has 0 amide bonds. The van der Waals surface area contributed by atoms with Crippen LogP contribution in [-0.2, 0) is 5.41 Å². The highest BCUT2D eigenvalue weighted by molar-refractivity contribution is 5.83. The lowest BCUT2D eigenvalue weighted by molar-refractivity contribution is 0.108. The second-order valence-electron chi connectivity index (χ2n) is 15.7. The van der Waals surface area contributed by atoms with Crippen LogP contribution in [0.2, 0.25) is 0 Å². The van der Waals surface area contributed by atoms with Crippen LogP contribution in [0.15, 0.2) is 103 Å². The van der Waals surface area contributed by atoms with Gasteiger partial charge in [-0.1, -0.05) is 139 Å². The Balaban J connectivity index is 1.62. The van der Waals surface area contributed by atoms with Crippen molar-refractivity contribution < 1.29 is 0 Å². The van der Waals surface area contributed by atoms with E-state index in [-0.39, 0.29) is 16.2 Å². The van der Waals surface area contributed by atoms with Crippen molar-refractivity contribution in [3.63, 3.8) is 0 Å². The molecule has 0 saturated heterocycles. The summed E-state index contributed by atoms with van der Waals surface area (Å²) in [6, 6.07) is 16.5. The van der Waals surface area contributed by atoms with Gasteiger partial charge in [-0.3, -0.25) is 0 Å². The predicted octanol–water partition coefficient (Wildman–Crippen LogP) is 11.4. The van der Waals surface area contributed by atoms with Crippen molar-refractivity contribution >= 4 is 10.8 Å². The second-order valence-corrected chi connectivity index (χ2v) is 15.7. The maximum Gasteiger partial charge on any atom is 0.00243 e. The van der Waals surface area contributed by atoms with Gasteiger partial charge in [0, 0.05) is 5.41 Å². The molecule has 2 saturated carbocycles. The van der Waals surface area contributed by atoms with Gasteiger partial charge in [-0.2, -0.15) is 0 Å². The van der Waals surface area contributed by atoms with Crippen molar-refractivity contribution in [1.82, 2.24) is 0 Å². The third-order valence-corrected chi connectivity index (χ3v) is 11.4. The number of fused-ring (bicyclic) bond motifs is 4. The van der Waals surface area contributed by atoms with Crippen LogP contribution >= 0.6 is 0 Å². The highest BCUT2D eigenvalue weighted by Crippen LogP contribution is 2.64. The number of hydrogen-bond acceptors (Lipinski definition) is 0. The highest BCUT2D eigenvalue weighted by Gasteiger charge is 2.59. The minimum Gasteiger partial charge on any atom is -0.103 e. The topological polar surface area (TPSA) is 0 Å². The third-order valence-electron chi connectivity index (χ3n) is 11.4. The molecule has 4 aliphatic carbocycles. The fourth-order valence-corrected chi connectivity index (χ4v) is 9.31. The molecular weight excluding hydrogens is 492 g/mol. The van der Waals surface area contributed by atoms with Crippen molar-refractivity contribution in [3.05, 3.63) is 108 Å². The monoisotopic (exact) mass is 544 g/mol. The Morgan fingerprint density at radius 2 is 1.29 bits per heavy atom. The summed E-state index contributed by atoms with van der Waals surface area (Å²) in [5.41, 5.74) is 5.06. The summed E-state index contributed by atoms with van der Waals surface area (Å²) in [6.07, 6.45) is 25.6. The lowest BCUT2D eigenvalue weighted by Crippen LogP contribution is -2.46. The maximum absolute atomic E-state index is 4.27. The molecule has 0 aromatic heterocycles. The molecule has 2 aromatic rings. The van der Waals surface area contributed by atoms with E-state index < -0.39 is 0 Å². The molecule has 0 heteroatoms. The van der Waals surface area contributed by atoms with E-state index in [4.69, 9.17) is 0 Å². The normalized spacial score (nSPS) is 29.6. The summed E-state index contributed by atoms with van der Waals surface area (Å²) in [7, 11) is 0. The van der Waals surface area contributed by atoms with E-state index in [9.17, 15) is 0 Å². The van der Waals surface area contributed by atoms with E-state index in [0.29, 0.717) is 35.5 Å². The van der Waals surface area contributed by atoms with E-state index in [1.165, 1.54) is 54.0 Å². The summed E-state index contributed by atoms with van der Waals surface area (Å²) in [5, 5.41) is 2.74. The molecular formula is C41H52. The molecule has 0 bridgehead atoms. The maximum atomic E-state index is 4.27. The van der Waals surface area contributed by atoms with Gasteiger partial charge in [0.1, 0.15) is 0 Å². The molecule has 0 heterocycles. The highest BCUT2D eigenvalue weighted by atomic mass is 14.6. The Kier molecular flexibility index (Phi) is 7.37. The first-order chi connectivity index (χ1) is 19.5. The van der Waals surface area contributed by atoms with E-state index in [0.717, 1.165) is 6.42 Å². The minimum atomic E-state index is 0.117. The quantitative estimate of drug-likeness (QED) is 0.317. The van der Waals surface area contributed by atoms with Gasteiger partial charge in [-0.15, -0.1) is 6.58 Å². The number of rotatable bonds is 6. The van der Waals surface area contributed by atoms with Crippen LogP contribution in [0.1, 0.15) is 85.6 Å². The van der Waals surface area contributed by atoms with Gasteiger partial charge < -0.3 is 0 Å². The van der Waals surface area contributed by atoms with Crippen LogP contribution in [0.25, 0.3) is 10.8 Å². The Morgan fingerprint density at radius 3 is 1.83 bits per heavy atom. The molecule has 0 spiro atoms. The molecule has 5 atom stereocenters. The summed E-state index contributed by atoms with van der Waals surface area (Å²) in [4.78, 5) is 0. The zero-order chi connectivity index (χ0) is 29.0. The fourth-order valence-electron chi connectivity index (χ4n) is 9.31. The third kappa shape index (κ3) is 4.94. The van der Waals surface area contributed by atoms with E-state index in [1.807, 2.05) is 0 Å². The molecule has 2 fully saturated rings. The molecule has 0 radical (unpaired) electrons. The Bertz CT molecular complexity index is 1350. The largest absolute Gasteiger partial charge is 0.103 e. The predicted molar refractivity (Wildman–Crippen MR) is 178 cm³/mol. The van der Waals surface area contributed by atoms with Crippen molar-refractivity contribution in [3.8, 4) is 0 Å². The molecule has 6 rings (SSSR count). The van der Waals surface area contributed by atoms with Gasteiger partial charge in [-0.25, -0.2) is 0 Å². The van der Waals surface area contributed by atoms with Gasteiger partial charge in [-0.05, 0) is 99.5 Å². The van der Waals surface area contributed by atoms with E-state index in [1.54, 1.807) is 5.56 Å². The lowest BCUT2D eigenvalue weighted by atomic mass is 9.53. The van der Waals surface area contributed by atoms with Crippen LogP contribution in [0.3, 0.4) is 0 Å². The van der Waals surface area contributed by atoms with E-state index in [2.05, 4.69) is 133 Å². The molecule has 0 N–H and O–H groups in total. The minimum absolute atomic E-state index is 0.117. The Labute approximate surface area is 250 Å². The Hall–Kier alpha value is -2.60. The average molecular weight is 545 g/mol. The van der Waals surface area contributed by atoms with Crippen molar-refractivity contribution in [1.29, 1.82) is 0 Å². The standard InChI is InChI=1S/C41H52/c1-8-9-24-41(30-16-12-13-17-30,33-19-18-28-14-10-11-15-29(28)25-33)38-36-26-31(39(2,3)4)20-22-34(36)35-23-21-32(27-37(35)38)40(5,6)7/h8,10-11,14-15,18-23,25-27,30,34-38H,1,9,12-13,16-17,24H2,2-7H3. The molecule has 4 aliphatic rings. The van der Waals surface area contributed by atoms with Crippen molar-refractivity contribution in [2.24, 2.45) is 46.3 Å². The summed E-state index contributed by atoms with van der Waals surface area (Å²) < 4.78 is 0. The zero-order valence-corrected chi connectivity index (χ0v) is 26.5. The van der Waals surface area contributed by atoms with Crippen molar-refractivity contribution in [2.45, 2.75) is 85.5 Å². The molecule has 5 unspecified atom stereocenters. The van der Waals surface area contributed by atoms with Crippen LogP contribution in [0.5, 0.6) is 0 Å². The fraction of sp³-hybridized carbons (Fsp3) is 0.512. The van der Waals surface area contributed by atoms with Crippen LogP contribution < -0.4 is 0 Å².